The first-order valence-electron chi connectivity index (χ1n) is 7.56. The van der Waals surface area contributed by atoms with E-state index in [-0.39, 0.29) is 0 Å². The summed E-state index contributed by atoms with van der Waals surface area (Å²) in [5, 5.41) is 11.5. The summed E-state index contributed by atoms with van der Waals surface area (Å²) >= 11 is 6.28. The van der Waals surface area contributed by atoms with E-state index in [1.807, 2.05) is 25.1 Å². The van der Waals surface area contributed by atoms with Crippen LogP contribution in [0.2, 0.25) is 5.02 Å². The van der Waals surface area contributed by atoms with Crippen molar-refractivity contribution in [3.8, 4) is 0 Å². The zero-order valence-electron chi connectivity index (χ0n) is 12.5. The number of methoxy groups -OCH3 is 1. The molecule has 1 N–H and O–H groups in total. The quantitative estimate of drug-likeness (QED) is 0.840. The second-order valence-corrected chi connectivity index (χ2v) is 6.41. The predicted octanol–water partition coefficient (Wildman–Crippen LogP) is 4.29. The van der Waals surface area contributed by atoms with Crippen LogP contribution in [0.4, 0.5) is 0 Å². The maximum atomic E-state index is 10.7. The highest BCUT2D eigenvalue weighted by Gasteiger charge is 2.38. The first-order valence-corrected chi connectivity index (χ1v) is 7.93. The number of hydrogen-bond acceptors (Lipinski definition) is 2. The van der Waals surface area contributed by atoms with Gasteiger partial charge in [-0.25, -0.2) is 0 Å². The second-order valence-electron chi connectivity index (χ2n) is 6.00. The molecule has 1 unspecified atom stereocenters. The lowest BCUT2D eigenvalue weighted by atomic mass is 9.84. The number of benzene rings is 1. The van der Waals surface area contributed by atoms with Crippen molar-refractivity contribution >= 4 is 11.6 Å². The molecule has 1 fully saturated rings. The summed E-state index contributed by atoms with van der Waals surface area (Å²) < 4.78 is 5.76. The second kappa shape index (κ2) is 6.93. The fraction of sp³-hybridized carbons (Fsp3) is 0.647. The van der Waals surface area contributed by atoms with Crippen LogP contribution in [0, 0.1) is 6.92 Å². The van der Waals surface area contributed by atoms with Crippen LogP contribution in [0.15, 0.2) is 18.2 Å². The van der Waals surface area contributed by atoms with Gasteiger partial charge in [0.25, 0.3) is 0 Å². The minimum Gasteiger partial charge on any atom is -0.390 e. The van der Waals surface area contributed by atoms with Gasteiger partial charge in [0.05, 0.1) is 11.7 Å². The Morgan fingerprint density at radius 1 is 1.25 bits per heavy atom. The van der Waals surface area contributed by atoms with E-state index in [9.17, 15) is 5.11 Å². The lowest BCUT2D eigenvalue weighted by Crippen LogP contribution is -2.45. The first-order chi connectivity index (χ1) is 9.57. The van der Waals surface area contributed by atoms with Crippen molar-refractivity contribution in [3.05, 3.63) is 34.3 Å². The van der Waals surface area contributed by atoms with E-state index in [1.165, 1.54) is 12.8 Å². The third-order valence-corrected chi connectivity index (χ3v) is 4.94. The average molecular weight is 297 g/mol. The SMILES string of the molecule is COC1(C(O)Cc2ccc(C)cc2Cl)CCCCCC1. The smallest absolute Gasteiger partial charge is 0.0939 e. The van der Waals surface area contributed by atoms with Crippen LogP contribution in [0.25, 0.3) is 0 Å². The molecule has 2 nitrogen and oxygen atoms in total. The maximum absolute atomic E-state index is 10.7. The van der Waals surface area contributed by atoms with Gasteiger partial charge >= 0.3 is 0 Å². The molecule has 112 valence electrons. The van der Waals surface area contributed by atoms with Crippen LogP contribution in [0.3, 0.4) is 0 Å². The normalized spacial score (nSPS) is 20.4. The van der Waals surface area contributed by atoms with Crippen molar-refractivity contribution in [2.75, 3.05) is 7.11 Å². The Balaban J connectivity index is 2.13. The minimum absolute atomic E-state index is 0.398. The molecule has 1 aliphatic rings. The van der Waals surface area contributed by atoms with Crippen molar-refractivity contribution in [2.45, 2.75) is 63.6 Å². The molecule has 0 saturated heterocycles. The molecule has 3 heteroatoms. The van der Waals surface area contributed by atoms with Crippen molar-refractivity contribution in [2.24, 2.45) is 0 Å². The molecule has 1 aromatic carbocycles. The molecule has 1 aromatic rings. The Kier molecular flexibility index (Phi) is 5.48. The van der Waals surface area contributed by atoms with E-state index in [0.29, 0.717) is 6.42 Å². The Bertz CT molecular complexity index is 437. The van der Waals surface area contributed by atoms with Crippen molar-refractivity contribution in [3.63, 3.8) is 0 Å². The fourth-order valence-corrected chi connectivity index (χ4v) is 3.52. The molecule has 0 aromatic heterocycles. The molecule has 0 aliphatic heterocycles. The predicted molar refractivity (Wildman–Crippen MR) is 83.3 cm³/mol. The van der Waals surface area contributed by atoms with E-state index >= 15 is 0 Å². The highest BCUT2D eigenvalue weighted by atomic mass is 35.5. The Labute approximate surface area is 127 Å². The summed E-state index contributed by atoms with van der Waals surface area (Å²) in [4.78, 5) is 0. The van der Waals surface area contributed by atoms with Crippen molar-refractivity contribution in [1.82, 2.24) is 0 Å². The molecule has 0 spiro atoms. The summed E-state index contributed by atoms with van der Waals surface area (Å²) in [5.41, 5.74) is 1.75. The third kappa shape index (κ3) is 3.55. The molecule has 0 heterocycles. The monoisotopic (exact) mass is 296 g/mol. The lowest BCUT2D eigenvalue weighted by Gasteiger charge is -2.36. The molecular weight excluding hydrogens is 272 g/mol. The average Bonchev–Trinajstić information content (AvgIpc) is 2.68. The van der Waals surface area contributed by atoms with Crippen LogP contribution < -0.4 is 0 Å². The Hall–Kier alpha value is -0.570. The highest BCUT2D eigenvalue weighted by Crippen LogP contribution is 2.35. The van der Waals surface area contributed by atoms with E-state index in [2.05, 4.69) is 0 Å². The number of halogens is 1. The molecule has 1 atom stereocenters. The number of hydrogen-bond donors (Lipinski definition) is 1. The zero-order chi connectivity index (χ0) is 14.6. The molecular formula is C17H25ClO2. The van der Waals surface area contributed by atoms with Gasteiger partial charge in [0, 0.05) is 18.6 Å². The molecule has 20 heavy (non-hydrogen) atoms. The molecule has 0 bridgehead atoms. The number of rotatable bonds is 4. The topological polar surface area (TPSA) is 29.5 Å². The van der Waals surface area contributed by atoms with Crippen LogP contribution in [-0.2, 0) is 11.2 Å². The number of aliphatic hydroxyl groups excluding tert-OH is 1. The number of aliphatic hydroxyl groups is 1. The standard InChI is InChI=1S/C17H25ClO2/c1-13-7-8-14(15(18)11-13)12-16(19)17(20-2)9-5-3-4-6-10-17/h7-8,11,16,19H,3-6,9-10,12H2,1-2H3. The van der Waals surface area contributed by atoms with E-state index in [0.717, 1.165) is 41.8 Å². The third-order valence-electron chi connectivity index (χ3n) is 4.59. The largest absolute Gasteiger partial charge is 0.390 e. The molecule has 1 aliphatic carbocycles. The van der Waals surface area contributed by atoms with Gasteiger partial charge in [0.2, 0.25) is 0 Å². The summed E-state index contributed by atoms with van der Waals surface area (Å²) in [7, 11) is 1.73. The molecule has 2 rings (SSSR count). The summed E-state index contributed by atoms with van der Waals surface area (Å²) in [6.45, 7) is 2.02. The first kappa shape index (κ1) is 15.8. The van der Waals surface area contributed by atoms with Gasteiger partial charge in [-0.2, -0.15) is 0 Å². The number of ether oxygens (including phenoxy) is 1. The van der Waals surface area contributed by atoms with Crippen LogP contribution >= 0.6 is 11.6 Å². The van der Waals surface area contributed by atoms with Gasteiger partial charge in [0.15, 0.2) is 0 Å². The van der Waals surface area contributed by atoms with E-state index in [1.54, 1.807) is 7.11 Å². The van der Waals surface area contributed by atoms with Gasteiger partial charge in [-0.05, 0) is 37.0 Å². The van der Waals surface area contributed by atoms with Gasteiger partial charge in [0.1, 0.15) is 0 Å². The van der Waals surface area contributed by atoms with Crippen LogP contribution in [-0.4, -0.2) is 23.9 Å². The Morgan fingerprint density at radius 3 is 2.45 bits per heavy atom. The highest BCUT2D eigenvalue weighted by molar-refractivity contribution is 6.31. The molecule has 1 saturated carbocycles. The van der Waals surface area contributed by atoms with Gasteiger partial charge in [-0.1, -0.05) is 49.4 Å². The van der Waals surface area contributed by atoms with Gasteiger partial charge < -0.3 is 9.84 Å². The van der Waals surface area contributed by atoms with Crippen LogP contribution in [0.1, 0.15) is 49.7 Å². The van der Waals surface area contributed by atoms with E-state index in [4.69, 9.17) is 16.3 Å². The van der Waals surface area contributed by atoms with Crippen molar-refractivity contribution < 1.29 is 9.84 Å². The zero-order valence-corrected chi connectivity index (χ0v) is 13.2. The van der Waals surface area contributed by atoms with Gasteiger partial charge in [-0.3, -0.25) is 0 Å². The lowest BCUT2D eigenvalue weighted by molar-refractivity contribution is -0.111. The minimum atomic E-state index is -0.495. The Morgan fingerprint density at radius 2 is 1.90 bits per heavy atom. The summed E-state index contributed by atoms with van der Waals surface area (Å²) in [6.07, 6.45) is 6.69. The van der Waals surface area contributed by atoms with E-state index < -0.39 is 11.7 Å². The summed E-state index contributed by atoms with van der Waals surface area (Å²) in [6, 6.07) is 6.01. The molecule has 0 amide bonds. The molecule has 0 radical (unpaired) electrons. The number of aryl methyl sites for hydroxylation is 1. The fourth-order valence-electron chi connectivity index (χ4n) is 3.21. The van der Waals surface area contributed by atoms with Crippen molar-refractivity contribution in [1.29, 1.82) is 0 Å². The van der Waals surface area contributed by atoms with Gasteiger partial charge in [-0.15, -0.1) is 0 Å². The van der Waals surface area contributed by atoms with Crippen LogP contribution in [0.5, 0.6) is 0 Å². The summed E-state index contributed by atoms with van der Waals surface area (Å²) in [5.74, 6) is 0. The maximum Gasteiger partial charge on any atom is 0.0939 e.